The molecule has 1 aromatic heterocycles. The molecule has 3 nitrogen and oxygen atoms in total. The van der Waals surface area contributed by atoms with Crippen molar-refractivity contribution < 1.29 is 9.21 Å². The van der Waals surface area contributed by atoms with Crippen molar-refractivity contribution >= 4 is 5.91 Å². The molecule has 0 fully saturated rings. The third-order valence-electron chi connectivity index (χ3n) is 3.44. The van der Waals surface area contributed by atoms with Crippen LogP contribution in [0.5, 0.6) is 0 Å². The summed E-state index contributed by atoms with van der Waals surface area (Å²) in [6.07, 6.45) is 4.96. The molecule has 0 saturated carbocycles. The topological polar surface area (TPSA) is 42.2 Å². The number of hydrogen-bond donors (Lipinski definition) is 1. The van der Waals surface area contributed by atoms with Crippen molar-refractivity contribution in [1.29, 1.82) is 0 Å². The minimum Gasteiger partial charge on any atom is -0.472 e. The number of carbonyl (C=O) groups is 1. The van der Waals surface area contributed by atoms with Gasteiger partial charge in [-0.3, -0.25) is 4.79 Å². The average molecular weight is 271 g/mol. The Morgan fingerprint density at radius 1 is 1.25 bits per heavy atom. The van der Waals surface area contributed by atoms with Crippen LogP contribution in [0.15, 0.2) is 53.3 Å². The average Bonchev–Trinajstić information content (AvgIpc) is 2.93. The monoisotopic (exact) mass is 271 g/mol. The molecule has 0 aliphatic rings. The van der Waals surface area contributed by atoms with E-state index < -0.39 is 0 Å². The normalized spacial score (nSPS) is 13.7. The zero-order valence-corrected chi connectivity index (χ0v) is 12.0. The van der Waals surface area contributed by atoms with E-state index in [-0.39, 0.29) is 17.9 Å². The van der Waals surface area contributed by atoms with E-state index >= 15 is 0 Å². The van der Waals surface area contributed by atoms with E-state index in [1.54, 1.807) is 12.5 Å². The van der Waals surface area contributed by atoms with Crippen LogP contribution in [-0.2, 0) is 11.2 Å². The third-order valence-corrected chi connectivity index (χ3v) is 3.44. The molecule has 106 valence electrons. The van der Waals surface area contributed by atoms with Crippen molar-refractivity contribution in [2.45, 2.75) is 38.6 Å². The van der Waals surface area contributed by atoms with Gasteiger partial charge in [0.05, 0.1) is 18.4 Å². The number of rotatable bonds is 6. The van der Waals surface area contributed by atoms with Crippen molar-refractivity contribution in [3.63, 3.8) is 0 Å². The highest BCUT2D eigenvalue weighted by Crippen LogP contribution is 2.19. The van der Waals surface area contributed by atoms with Gasteiger partial charge in [-0.1, -0.05) is 37.3 Å². The van der Waals surface area contributed by atoms with Crippen molar-refractivity contribution in [3.8, 4) is 0 Å². The molecule has 0 spiro atoms. The Morgan fingerprint density at radius 2 is 2.00 bits per heavy atom. The van der Waals surface area contributed by atoms with Gasteiger partial charge < -0.3 is 9.73 Å². The standard InChI is InChI=1S/C17H21NO2/c1-3-16(15-7-5-4-6-8-15)17(19)18-13(2)11-14-9-10-20-12-14/h4-10,12-13,16H,3,11H2,1-2H3,(H,18,19). The van der Waals surface area contributed by atoms with E-state index in [9.17, 15) is 4.79 Å². The molecule has 1 heterocycles. The molecule has 0 bridgehead atoms. The second kappa shape index (κ2) is 6.94. The van der Waals surface area contributed by atoms with Gasteiger partial charge in [0.15, 0.2) is 0 Å². The van der Waals surface area contributed by atoms with E-state index in [2.05, 4.69) is 5.32 Å². The van der Waals surface area contributed by atoms with Gasteiger partial charge in [0.25, 0.3) is 0 Å². The Kier molecular flexibility index (Phi) is 4.99. The lowest BCUT2D eigenvalue weighted by Crippen LogP contribution is -2.37. The van der Waals surface area contributed by atoms with Gasteiger partial charge in [-0.25, -0.2) is 0 Å². The Hall–Kier alpha value is -2.03. The maximum absolute atomic E-state index is 12.4. The van der Waals surface area contributed by atoms with Crippen molar-refractivity contribution in [2.75, 3.05) is 0 Å². The van der Waals surface area contributed by atoms with Gasteiger partial charge in [-0.15, -0.1) is 0 Å². The predicted molar refractivity (Wildman–Crippen MR) is 79.5 cm³/mol. The Labute approximate surface area is 120 Å². The highest BCUT2D eigenvalue weighted by atomic mass is 16.3. The maximum atomic E-state index is 12.4. The lowest BCUT2D eigenvalue weighted by molar-refractivity contribution is -0.123. The molecular formula is C17H21NO2. The Balaban J connectivity index is 1.95. The molecule has 20 heavy (non-hydrogen) atoms. The van der Waals surface area contributed by atoms with Crippen LogP contribution in [0.1, 0.15) is 37.3 Å². The molecule has 0 aliphatic carbocycles. The van der Waals surface area contributed by atoms with Crippen LogP contribution in [0, 0.1) is 0 Å². The van der Waals surface area contributed by atoms with Gasteiger partial charge in [0.2, 0.25) is 5.91 Å². The van der Waals surface area contributed by atoms with Crippen LogP contribution in [0.4, 0.5) is 0 Å². The van der Waals surface area contributed by atoms with E-state index in [0.717, 1.165) is 24.0 Å². The molecule has 2 atom stereocenters. The fourth-order valence-electron chi connectivity index (χ4n) is 2.41. The molecular weight excluding hydrogens is 250 g/mol. The van der Waals surface area contributed by atoms with Crippen LogP contribution in [-0.4, -0.2) is 11.9 Å². The summed E-state index contributed by atoms with van der Waals surface area (Å²) in [7, 11) is 0. The molecule has 1 N–H and O–H groups in total. The van der Waals surface area contributed by atoms with Crippen molar-refractivity contribution in [1.82, 2.24) is 5.32 Å². The highest BCUT2D eigenvalue weighted by Gasteiger charge is 2.20. The van der Waals surface area contributed by atoms with Crippen LogP contribution in [0.2, 0.25) is 0 Å². The van der Waals surface area contributed by atoms with Crippen molar-refractivity contribution in [3.05, 3.63) is 60.1 Å². The number of furan rings is 1. The fourth-order valence-corrected chi connectivity index (χ4v) is 2.41. The van der Waals surface area contributed by atoms with E-state index in [1.807, 2.05) is 50.2 Å². The van der Waals surface area contributed by atoms with E-state index in [0.29, 0.717) is 0 Å². The first-order valence-corrected chi connectivity index (χ1v) is 7.07. The van der Waals surface area contributed by atoms with Crippen molar-refractivity contribution in [2.24, 2.45) is 0 Å². The minimum absolute atomic E-state index is 0.0806. The number of hydrogen-bond acceptors (Lipinski definition) is 2. The largest absolute Gasteiger partial charge is 0.472 e. The molecule has 0 aliphatic heterocycles. The number of amides is 1. The first kappa shape index (κ1) is 14.4. The van der Waals surface area contributed by atoms with Gasteiger partial charge in [-0.2, -0.15) is 0 Å². The first-order valence-electron chi connectivity index (χ1n) is 7.07. The minimum atomic E-state index is -0.0806. The van der Waals surface area contributed by atoms with E-state index in [1.165, 1.54) is 0 Å². The molecule has 2 rings (SSSR count). The predicted octanol–water partition coefficient (Wildman–Crippen LogP) is 3.52. The Bertz CT molecular complexity index is 519. The van der Waals surface area contributed by atoms with Gasteiger partial charge in [0.1, 0.15) is 0 Å². The molecule has 1 aromatic carbocycles. The molecule has 3 heteroatoms. The smallest absolute Gasteiger partial charge is 0.227 e. The summed E-state index contributed by atoms with van der Waals surface area (Å²) in [5.41, 5.74) is 2.17. The van der Waals surface area contributed by atoms with Gasteiger partial charge in [-0.05, 0) is 37.0 Å². The van der Waals surface area contributed by atoms with Crippen LogP contribution >= 0.6 is 0 Å². The lowest BCUT2D eigenvalue weighted by Gasteiger charge is -2.19. The first-order chi connectivity index (χ1) is 9.70. The number of carbonyl (C=O) groups excluding carboxylic acids is 1. The molecule has 2 aromatic rings. The summed E-state index contributed by atoms with van der Waals surface area (Å²) >= 11 is 0. The Morgan fingerprint density at radius 3 is 2.60 bits per heavy atom. The maximum Gasteiger partial charge on any atom is 0.227 e. The van der Waals surface area contributed by atoms with Crippen LogP contribution in [0.25, 0.3) is 0 Å². The second-order valence-corrected chi connectivity index (χ2v) is 5.12. The molecule has 2 unspecified atom stereocenters. The summed E-state index contributed by atoms with van der Waals surface area (Å²) in [4.78, 5) is 12.4. The molecule has 0 saturated heterocycles. The van der Waals surface area contributed by atoms with Gasteiger partial charge >= 0.3 is 0 Å². The summed E-state index contributed by atoms with van der Waals surface area (Å²) in [5, 5.41) is 3.09. The number of benzene rings is 1. The molecule has 1 amide bonds. The second-order valence-electron chi connectivity index (χ2n) is 5.12. The quantitative estimate of drug-likeness (QED) is 0.873. The lowest BCUT2D eigenvalue weighted by atomic mass is 9.95. The zero-order valence-electron chi connectivity index (χ0n) is 12.0. The highest BCUT2D eigenvalue weighted by molar-refractivity contribution is 5.83. The summed E-state index contributed by atoms with van der Waals surface area (Å²) in [5.74, 6) is 0.0118. The third kappa shape index (κ3) is 3.73. The van der Waals surface area contributed by atoms with Gasteiger partial charge in [0, 0.05) is 6.04 Å². The van der Waals surface area contributed by atoms with E-state index in [4.69, 9.17) is 4.42 Å². The SMILES string of the molecule is CCC(C(=O)NC(C)Cc1ccoc1)c1ccccc1. The molecule has 0 radical (unpaired) electrons. The number of nitrogens with one attached hydrogen (secondary N) is 1. The summed E-state index contributed by atoms with van der Waals surface area (Å²) in [6, 6.07) is 12.0. The zero-order chi connectivity index (χ0) is 14.4. The van der Waals surface area contributed by atoms with Crippen LogP contribution < -0.4 is 5.32 Å². The summed E-state index contributed by atoms with van der Waals surface area (Å²) in [6.45, 7) is 4.06. The summed E-state index contributed by atoms with van der Waals surface area (Å²) < 4.78 is 5.05. The van der Waals surface area contributed by atoms with Crippen LogP contribution in [0.3, 0.4) is 0 Å². The fraction of sp³-hybridized carbons (Fsp3) is 0.353.